The molecule has 3 rings (SSSR count). The van der Waals surface area contributed by atoms with E-state index in [-0.39, 0.29) is 17.4 Å². The average Bonchev–Trinajstić information content (AvgIpc) is 3.49. The monoisotopic (exact) mass is 388 g/mol. The van der Waals surface area contributed by atoms with Crippen molar-refractivity contribution in [3.63, 3.8) is 0 Å². The van der Waals surface area contributed by atoms with Crippen LogP contribution in [0.1, 0.15) is 18.4 Å². The standard InChI is InChI=1S/C20H24N2O4S/c1-15-3-11-19(12-4-15)27(24,25)22(2)17-7-9-18(10-8-17)26-14-20(23)21-13-16-5-6-16/h3-4,7-12,16H,5-6,13-14H2,1-2H3,(H,21,23). The Hall–Kier alpha value is -2.54. The molecule has 1 aliphatic rings. The highest BCUT2D eigenvalue weighted by Crippen LogP contribution is 2.27. The Morgan fingerprint density at radius 2 is 1.74 bits per heavy atom. The van der Waals surface area contributed by atoms with Crippen LogP contribution in [0.3, 0.4) is 0 Å². The molecule has 0 heterocycles. The van der Waals surface area contributed by atoms with Gasteiger partial charge in [-0.2, -0.15) is 0 Å². The molecule has 0 aromatic heterocycles. The molecule has 0 atom stereocenters. The minimum Gasteiger partial charge on any atom is -0.484 e. The van der Waals surface area contributed by atoms with Gasteiger partial charge in [-0.1, -0.05) is 17.7 Å². The molecular weight excluding hydrogens is 364 g/mol. The molecule has 0 aliphatic heterocycles. The molecule has 144 valence electrons. The van der Waals surface area contributed by atoms with Gasteiger partial charge >= 0.3 is 0 Å². The van der Waals surface area contributed by atoms with Crippen LogP contribution in [0, 0.1) is 12.8 Å². The van der Waals surface area contributed by atoms with E-state index >= 15 is 0 Å². The van der Waals surface area contributed by atoms with Crippen molar-refractivity contribution < 1.29 is 17.9 Å². The number of carbonyl (C=O) groups is 1. The lowest BCUT2D eigenvalue weighted by atomic mass is 10.2. The Morgan fingerprint density at radius 1 is 1.11 bits per heavy atom. The number of nitrogens with zero attached hydrogens (tertiary/aromatic N) is 1. The van der Waals surface area contributed by atoms with Crippen LogP contribution >= 0.6 is 0 Å². The first kappa shape index (κ1) is 19.2. The van der Waals surface area contributed by atoms with Gasteiger partial charge in [0.15, 0.2) is 6.61 Å². The Labute approximate surface area is 160 Å². The summed E-state index contributed by atoms with van der Waals surface area (Å²) in [7, 11) is -2.12. The average molecular weight is 388 g/mol. The highest BCUT2D eigenvalue weighted by Gasteiger charge is 2.22. The van der Waals surface area contributed by atoms with E-state index in [1.54, 1.807) is 48.5 Å². The van der Waals surface area contributed by atoms with Crippen LogP contribution in [-0.2, 0) is 14.8 Å². The van der Waals surface area contributed by atoms with Gasteiger partial charge in [0.25, 0.3) is 15.9 Å². The predicted octanol–water partition coefficient (Wildman–Crippen LogP) is 2.73. The number of sulfonamides is 1. The molecule has 0 bridgehead atoms. The van der Waals surface area contributed by atoms with E-state index in [0.717, 1.165) is 5.56 Å². The smallest absolute Gasteiger partial charge is 0.264 e. The zero-order chi connectivity index (χ0) is 19.4. The molecule has 1 N–H and O–H groups in total. The summed E-state index contributed by atoms with van der Waals surface area (Å²) < 4.78 is 32.1. The molecule has 27 heavy (non-hydrogen) atoms. The van der Waals surface area contributed by atoms with E-state index in [1.807, 2.05) is 6.92 Å². The normalized spacial score (nSPS) is 13.9. The maximum absolute atomic E-state index is 12.7. The number of anilines is 1. The molecule has 1 amide bonds. The lowest BCUT2D eigenvalue weighted by Crippen LogP contribution is -2.30. The van der Waals surface area contributed by atoms with E-state index < -0.39 is 10.0 Å². The van der Waals surface area contributed by atoms with E-state index in [2.05, 4.69) is 5.32 Å². The summed E-state index contributed by atoms with van der Waals surface area (Å²) >= 11 is 0. The molecular formula is C20H24N2O4S. The summed E-state index contributed by atoms with van der Waals surface area (Å²) in [6.45, 7) is 2.57. The van der Waals surface area contributed by atoms with Crippen LogP contribution < -0.4 is 14.4 Å². The maximum Gasteiger partial charge on any atom is 0.264 e. The summed E-state index contributed by atoms with van der Waals surface area (Å²) in [6.07, 6.45) is 2.36. The van der Waals surface area contributed by atoms with Crippen molar-refractivity contribution in [3.05, 3.63) is 54.1 Å². The molecule has 0 saturated heterocycles. The third-order valence-corrected chi connectivity index (χ3v) is 6.33. The zero-order valence-electron chi connectivity index (χ0n) is 15.5. The summed E-state index contributed by atoms with van der Waals surface area (Å²) in [5.74, 6) is 0.991. The van der Waals surface area contributed by atoms with Crippen molar-refractivity contribution in [2.75, 3.05) is 24.5 Å². The minimum absolute atomic E-state index is 0.0520. The fraction of sp³-hybridized carbons (Fsp3) is 0.350. The second kappa shape index (κ2) is 8.00. The van der Waals surface area contributed by atoms with E-state index in [4.69, 9.17) is 4.74 Å². The minimum atomic E-state index is -3.63. The molecule has 0 unspecified atom stereocenters. The van der Waals surface area contributed by atoms with Crippen LogP contribution in [0.4, 0.5) is 5.69 Å². The van der Waals surface area contributed by atoms with Crippen LogP contribution in [-0.4, -0.2) is 34.5 Å². The second-order valence-electron chi connectivity index (χ2n) is 6.82. The fourth-order valence-corrected chi connectivity index (χ4v) is 3.73. The zero-order valence-corrected chi connectivity index (χ0v) is 16.3. The third-order valence-electron chi connectivity index (χ3n) is 4.53. The van der Waals surface area contributed by atoms with Crippen molar-refractivity contribution in [2.45, 2.75) is 24.7 Å². The summed E-state index contributed by atoms with van der Waals surface area (Å²) in [4.78, 5) is 12.0. The van der Waals surface area contributed by atoms with Crippen molar-refractivity contribution >= 4 is 21.6 Å². The lowest BCUT2D eigenvalue weighted by Gasteiger charge is -2.20. The van der Waals surface area contributed by atoms with Gasteiger partial charge in [-0.15, -0.1) is 0 Å². The van der Waals surface area contributed by atoms with E-state index in [1.165, 1.54) is 24.2 Å². The number of hydrogen-bond donors (Lipinski definition) is 1. The number of rotatable bonds is 8. The number of carbonyl (C=O) groups excluding carboxylic acids is 1. The van der Waals surface area contributed by atoms with Crippen LogP contribution in [0.25, 0.3) is 0 Å². The van der Waals surface area contributed by atoms with Crippen LogP contribution in [0.5, 0.6) is 5.75 Å². The van der Waals surface area contributed by atoms with Crippen molar-refractivity contribution in [1.82, 2.24) is 5.32 Å². The van der Waals surface area contributed by atoms with Gasteiger partial charge in [-0.25, -0.2) is 8.42 Å². The van der Waals surface area contributed by atoms with Crippen LogP contribution in [0.2, 0.25) is 0 Å². The maximum atomic E-state index is 12.7. The quantitative estimate of drug-likeness (QED) is 0.754. The van der Waals surface area contributed by atoms with Gasteiger partial charge in [0.1, 0.15) is 5.75 Å². The molecule has 2 aromatic rings. The van der Waals surface area contributed by atoms with E-state index in [0.29, 0.717) is 23.9 Å². The number of aryl methyl sites for hydroxylation is 1. The van der Waals surface area contributed by atoms with Crippen molar-refractivity contribution in [3.8, 4) is 5.75 Å². The topological polar surface area (TPSA) is 75.7 Å². The molecule has 7 heteroatoms. The number of hydrogen-bond acceptors (Lipinski definition) is 4. The molecule has 1 aliphatic carbocycles. The first-order chi connectivity index (χ1) is 12.9. The summed E-state index contributed by atoms with van der Waals surface area (Å²) in [6, 6.07) is 13.4. The van der Waals surface area contributed by atoms with Gasteiger partial charge in [0.05, 0.1) is 10.6 Å². The SMILES string of the molecule is Cc1ccc(S(=O)(=O)N(C)c2ccc(OCC(=O)NCC3CC3)cc2)cc1. The highest BCUT2D eigenvalue weighted by atomic mass is 32.2. The highest BCUT2D eigenvalue weighted by molar-refractivity contribution is 7.92. The molecule has 1 fully saturated rings. The van der Waals surface area contributed by atoms with Crippen molar-refractivity contribution in [2.24, 2.45) is 5.92 Å². The number of amides is 1. The lowest BCUT2D eigenvalue weighted by molar-refractivity contribution is -0.123. The number of benzene rings is 2. The number of nitrogens with one attached hydrogen (secondary N) is 1. The second-order valence-corrected chi connectivity index (χ2v) is 8.78. The van der Waals surface area contributed by atoms with Gasteiger partial charge in [-0.05, 0) is 62.1 Å². The molecule has 6 nitrogen and oxygen atoms in total. The van der Waals surface area contributed by atoms with Crippen LogP contribution in [0.15, 0.2) is 53.4 Å². The van der Waals surface area contributed by atoms with Gasteiger partial charge in [0, 0.05) is 13.6 Å². The predicted molar refractivity (Wildman–Crippen MR) is 104 cm³/mol. The fourth-order valence-electron chi connectivity index (χ4n) is 2.54. The molecule has 0 spiro atoms. The van der Waals surface area contributed by atoms with E-state index in [9.17, 15) is 13.2 Å². The number of ether oxygens (including phenoxy) is 1. The molecule has 1 saturated carbocycles. The first-order valence-electron chi connectivity index (χ1n) is 8.91. The largest absolute Gasteiger partial charge is 0.484 e. The molecule has 0 radical (unpaired) electrons. The summed E-state index contributed by atoms with van der Waals surface area (Å²) in [5, 5.41) is 2.83. The Morgan fingerprint density at radius 3 is 2.33 bits per heavy atom. The van der Waals surface area contributed by atoms with Crippen molar-refractivity contribution in [1.29, 1.82) is 0 Å². The Kier molecular flexibility index (Phi) is 5.70. The Bertz CT molecular complexity index is 889. The Balaban J connectivity index is 1.60. The third kappa shape index (κ3) is 5.01. The summed E-state index contributed by atoms with van der Waals surface area (Å²) in [5.41, 5.74) is 1.51. The molecule has 2 aromatic carbocycles. The first-order valence-corrected chi connectivity index (χ1v) is 10.4. The van der Waals surface area contributed by atoms with Gasteiger partial charge < -0.3 is 10.1 Å². The van der Waals surface area contributed by atoms with Gasteiger partial charge in [-0.3, -0.25) is 9.10 Å². The van der Waals surface area contributed by atoms with Gasteiger partial charge in [0.2, 0.25) is 0 Å².